The molecule has 0 saturated heterocycles. The fraction of sp³-hybridized carbons (Fsp3) is 0. The molecule has 5 heteroatoms. The van der Waals surface area contributed by atoms with Crippen molar-refractivity contribution < 1.29 is 0 Å². The molecule has 0 aliphatic heterocycles. The van der Waals surface area contributed by atoms with Crippen molar-refractivity contribution in [3.05, 3.63) is 200 Å². The van der Waals surface area contributed by atoms with Crippen molar-refractivity contribution in [2.24, 2.45) is 0 Å². The minimum atomic E-state index is 0.616. The summed E-state index contributed by atoms with van der Waals surface area (Å²) in [6.45, 7) is 0. The van der Waals surface area contributed by atoms with E-state index in [1.807, 2.05) is 54.7 Å². The summed E-state index contributed by atoms with van der Waals surface area (Å²) in [6, 6.07) is 65.6. The Morgan fingerprint density at radius 3 is 1.56 bits per heavy atom. The number of rotatable bonds is 7. The van der Waals surface area contributed by atoms with Gasteiger partial charge < -0.3 is 4.57 Å². The van der Waals surface area contributed by atoms with Gasteiger partial charge in [0.15, 0.2) is 17.5 Å². The van der Waals surface area contributed by atoms with Gasteiger partial charge in [0.2, 0.25) is 0 Å². The number of para-hydroxylation sites is 2. The predicted octanol–water partition coefficient (Wildman–Crippen LogP) is 12.4. The highest BCUT2D eigenvalue weighted by molar-refractivity contribution is 6.15. The monoisotopic (exact) mass is 703 g/mol. The van der Waals surface area contributed by atoms with Gasteiger partial charge in [-0.3, -0.25) is 4.98 Å². The summed E-state index contributed by atoms with van der Waals surface area (Å²) < 4.78 is 2.36. The fourth-order valence-electron chi connectivity index (χ4n) is 7.56. The zero-order valence-corrected chi connectivity index (χ0v) is 29.8. The summed E-state index contributed by atoms with van der Waals surface area (Å²) in [5, 5.41) is 2.50. The first kappa shape index (κ1) is 32.2. The minimum absolute atomic E-state index is 0.616. The van der Waals surface area contributed by atoms with Crippen molar-refractivity contribution >= 4 is 21.8 Å². The topological polar surface area (TPSA) is 56.5 Å². The summed E-state index contributed by atoms with van der Waals surface area (Å²) in [6.07, 6.45) is 3.65. The van der Waals surface area contributed by atoms with Crippen LogP contribution < -0.4 is 0 Å². The van der Waals surface area contributed by atoms with Crippen molar-refractivity contribution in [1.82, 2.24) is 24.5 Å². The lowest BCUT2D eigenvalue weighted by molar-refractivity contribution is 1.07. The quantitative estimate of drug-likeness (QED) is 0.166. The van der Waals surface area contributed by atoms with Crippen LogP contribution in [-0.4, -0.2) is 24.5 Å². The standard InChI is InChI=1S/C50H33N5/c1-3-13-37(14-4-1)48-52-49(54-50(53-48)43-19-8-7-18-41(43)39-15-12-32-51-33-39)38-30-26-35(27-31-38)34-24-28-36(29-25-34)42-21-11-23-46-47(42)44-20-9-10-22-45(44)55(46)40-16-5-2-6-17-40/h1-33H. The molecule has 0 N–H and O–H groups in total. The van der Waals surface area contributed by atoms with Gasteiger partial charge in [0.05, 0.1) is 11.0 Å². The van der Waals surface area contributed by atoms with E-state index in [9.17, 15) is 0 Å². The van der Waals surface area contributed by atoms with Crippen LogP contribution in [0, 0.1) is 0 Å². The lowest BCUT2D eigenvalue weighted by atomic mass is 9.96. The van der Waals surface area contributed by atoms with Crippen LogP contribution in [0.1, 0.15) is 0 Å². The number of benzene rings is 7. The number of aromatic nitrogens is 5. The van der Waals surface area contributed by atoms with Crippen LogP contribution in [-0.2, 0) is 0 Å². The molecule has 0 amide bonds. The van der Waals surface area contributed by atoms with Gasteiger partial charge in [-0.15, -0.1) is 0 Å². The second-order valence-corrected chi connectivity index (χ2v) is 13.5. The summed E-state index contributed by atoms with van der Waals surface area (Å²) in [7, 11) is 0. The third-order valence-electron chi connectivity index (χ3n) is 10.2. The first-order valence-corrected chi connectivity index (χ1v) is 18.4. The van der Waals surface area contributed by atoms with Crippen LogP contribution in [0.15, 0.2) is 200 Å². The first-order valence-electron chi connectivity index (χ1n) is 18.4. The van der Waals surface area contributed by atoms with E-state index in [-0.39, 0.29) is 0 Å². The molecule has 0 unspecified atom stereocenters. The van der Waals surface area contributed by atoms with Gasteiger partial charge in [0, 0.05) is 51.1 Å². The average Bonchev–Trinajstić information content (AvgIpc) is 3.62. The van der Waals surface area contributed by atoms with Crippen molar-refractivity contribution in [2.45, 2.75) is 0 Å². The van der Waals surface area contributed by atoms with Crippen LogP contribution >= 0.6 is 0 Å². The number of pyridine rings is 1. The van der Waals surface area contributed by atoms with E-state index in [0.29, 0.717) is 17.5 Å². The largest absolute Gasteiger partial charge is 0.309 e. The van der Waals surface area contributed by atoms with Crippen LogP contribution in [0.5, 0.6) is 0 Å². The highest BCUT2D eigenvalue weighted by Gasteiger charge is 2.17. The van der Waals surface area contributed by atoms with Gasteiger partial charge in [-0.25, -0.2) is 15.0 Å². The molecule has 0 aliphatic rings. The molecule has 7 aromatic carbocycles. The van der Waals surface area contributed by atoms with E-state index in [4.69, 9.17) is 15.0 Å². The molecule has 0 fully saturated rings. The van der Waals surface area contributed by atoms with E-state index >= 15 is 0 Å². The summed E-state index contributed by atoms with van der Waals surface area (Å²) >= 11 is 0. The molecule has 10 rings (SSSR count). The Balaban J connectivity index is 1.01. The van der Waals surface area contributed by atoms with Gasteiger partial charge in [-0.1, -0.05) is 158 Å². The molecule has 0 bridgehead atoms. The maximum absolute atomic E-state index is 5.06. The molecule has 0 radical (unpaired) electrons. The molecular formula is C50H33N5. The molecule has 3 heterocycles. The molecule has 55 heavy (non-hydrogen) atoms. The number of nitrogens with zero attached hydrogens (tertiary/aromatic N) is 5. The summed E-state index contributed by atoms with van der Waals surface area (Å²) in [5.41, 5.74) is 13.0. The van der Waals surface area contributed by atoms with Gasteiger partial charge >= 0.3 is 0 Å². The molecule has 0 atom stereocenters. The fourth-order valence-corrected chi connectivity index (χ4v) is 7.56. The predicted molar refractivity (Wildman–Crippen MR) is 225 cm³/mol. The molecule has 5 nitrogen and oxygen atoms in total. The van der Waals surface area contributed by atoms with E-state index in [1.54, 1.807) is 6.20 Å². The van der Waals surface area contributed by atoms with Gasteiger partial charge in [-0.2, -0.15) is 0 Å². The van der Waals surface area contributed by atoms with Gasteiger partial charge in [0.25, 0.3) is 0 Å². The first-order chi connectivity index (χ1) is 27.3. The van der Waals surface area contributed by atoms with Gasteiger partial charge in [-0.05, 0) is 58.1 Å². The lowest BCUT2D eigenvalue weighted by Gasteiger charge is -2.12. The number of fused-ring (bicyclic) bond motifs is 3. The van der Waals surface area contributed by atoms with Crippen LogP contribution in [0.4, 0.5) is 0 Å². The summed E-state index contributed by atoms with van der Waals surface area (Å²) in [4.78, 5) is 19.4. The van der Waals surface area contributed by atoms with E-state index < -0.39 is 0 Å². The van der Waals surface area contributed by atoms with Gasteiger partial charge in [0.1, 0.15) is 0 Å². The Bertz CT molecular complexity index is 2940. The highest BCUT2D eigenvalue weighted by atomic mass is 15.0. The molecule has 0 spiro atoms. The molecular weight excluding hydrogens is 671 g/mol. The Hall–Kier alpha value is -7.50. The van der Waals surface area contributed by atoms with Crippen LogP contribution in [0.3, 0.4) is 0 Å². The average molecular weight is 704 g/mol. The number of hydrogen-bond acceptors (Lipinski definition) is 4. The van der Waals surface area contributed by atoms with E-state index in [1.165, 1.54) is 32.9 Å². The van der Waals surface area contributed by atoms with E-state index in [2.05, 4.69) is 149 Å². The third-order valence-corrected chi connectivity index (χ3v) is 10.2. The lowest BCUT2D eigenvalue weighted by Crippen LogP contribution is -2.01. The molecule has 258 valence electrons. The second kappa shape index (κ2) is 13.8. The maximum atomic E-state index is 5.06. The van der Waals surface area contributed by atoms with Crippen LogP contribution in [0.2, 0.25) is 0 Å². The molecule has 10 aromatic rings. The SMILES string of the molecule is c1ccc(-c2nc(-c3ccc(-c4ccc(-c5cccc6c5c5ccccc5n6-c5ccccc5)cc4)cc3)nc(-c3ccccc3-c3cccnc3)n2)cc1. The van der Waals surface area contributed by atoms with Crippen molar-refractivity contribution in [3.63, 3.8) is 0 Å². The zero-order chi connectivity index (χ0) is 36.6. The molecule has 0 aliphatic carbocycles. The number of hydrogen-bond donors (Lipinski definition) is 0. The third kappa shape index (κ3) is 5.94. The Morgan fingerprint density at radius 1 is 0.327 bits per heavy atom. The zero-order valence-electron chi connectivity index (χ0n) is 29.8. The molecule has 0 saturated carbocycles. The second-order valence-electron chi connectivity index (χ2n) is 13.5. The van der Waals surface area contributed by atoms with Crippen LogP contribution in [0.25, 0.3) is 95.0 Å². The highest BCUT2D eigenvalue weighted by Crippen LogP contribution is 2.39. The normalized spacial score (nSPS) is 11.3. The smallest absolute Gasteiger partial charge is 0.164 e. The minimum Gasteiger partial charge on any atom is -0.309 e. The Morgan fingerprint density at radius 2 is 0.855 bits per heavy atom. The Labute approximate surface area is 318 Å². The van der Waals surface area contributed by atoms with Crippen molar-refractivity contribution in [3.8, 4) is 73.2 Å². The van der Waals surface area contributed by atoms with E-state index in [0.717, 1.165) is 44.6 Å². The summed E-state index contributed by atoms with van der Waals surface area (Å²) in [5.74, 6) is 1.86. The molecule has 3 aromatic heterocycles. The maximum Gasteiger partial charge on any atom is 0.164 e. The van der Waals surface area contributed by atoms with Crippen molar-refractivity contribution in [1.29, 1.82) is 0 Å². The van der Waals surface area contributed by atoms with Crippen molar-refractivity contribution in [2.75, 3.05) is 0 Å². The Kier molecular flexibility index (Phi) is 8.08.